The van der Waals surface area contributed by atoms with Crippen LogP contribution >= 0.6 is 11.6 Å². The summed E-state index contributed by atoms with van der Waals surface area (Å²) in [5.41, 5.74) is 1.78. The smallest absolute Gasteiger partial charge is 0.322 e. The van der Waals surface area contributed by atoms with Crippen molar-refractivity contribution in [1.82, 2.24) is 4.90 Å². The van der Waals surface area contributed by atoms with Gasteiger partial charge in [-0.2, -0.15) is 0 Å². The predicted octanol–water partition coefficient (Wildman–Crippen LogP) is 4.83. The molecule has 0 spiro atoms. The van der Waals surface area contributed by atoms with Gasteiger partial charge in [0.25, 0.3) is 0 Å². The first-order valence-electron chi connectivity index (χ1n) is 7.45. The SMILES string of the molecule is CCN(C(=O)Nc1ccc(C)c(Cl)c1)C1CCCCC1. The summed E-state index contributed by atoms with van der Waals surface area (Å²) < 4.78 is 0. The molecule has 3 nitrogen and oxygen atoms in total. The summed E-state index contributed by atoms with van der Waals surface area (Å²) in [6.45, 7) is 4.74. The number of halogens is 1. The Labute approximate surface area is 126 Å². The first kappa shape index (κ1) is 15.2. The molecule has 1 saturated carbocycles. The quantitative estimate of drug-likeness (QED) is 0.850. The van der Waals surface area contributed by atoms with E-state index in [4.69, 9.17) is 11.6 Å². The van der Waals surface area contributed by atoms with Crippen molar-refractivity contribution in [2.24, 2.45) is 0 Å². The van der Waals surface area contributed by atoms with E-state index in [1.165, 1.54) is 19.3 Å². The van der Waals surface area contributed by atoms with Gasteiger partial charge in [0.05, 0.1) is 0 Å². The lowest BCUT2D eigenvalue weighted by Crippen LogP contribution is -2.43. The zero-order valence-corrected chi connectivity index (χ0v) is 13.0. The third kappa shape index (κ3) is 3.66. The molecule has 2 amide bonds. The van der Waals surface area contributed by atoms with E-state index in [2.05, 4.69) is 5.32 Å². The number of carbonyl (C=O) groups is 1. The van der Waals surface area contributed by atoms with Gasteiger partial charge in [0, 0.05) is 23.3 Å². The molecule has 1 N–H and O–H groups in total. The van der Waals surface area contributed by atoms with Gasteiger partial charge in [0.1, 0.15) is 0 Å². The molecule has 1 aromatic rings. The minimum absolute atomic E-state index is 0.0145. The normalized spacial score (nSPS) is 15.9. The number of rotatable bonds is 3. The van der Waals surface area contributed by atoms with Crippen LogP contribution < -0.4 is 5.32 Å². The summed E-state index contributed by atoms with van der Waals surface area (Å²) in [6.07, 6.45) is 5.99. The van der Waals surface area contributed by atoms with Crippen molar-refractivity contribution in [3.8, 4) is 0 Å². The van der Waals surface area contributed by atoms with Gasteiger partial charge >= 0.3 is 6.03 Å². The van der Waals surface area contributed by atoms with Crippen molar-refractivity contribution in [3.05, 3.63) is 28.8 Å². The fourth-order valence-electron chi connectivity index (χ4n) is 2.83. The monoisotopic (exact) mass is 294 g/mol. The van der Waals surface area contributed by atoms with Crippen LogP contribution in [0.1, 0.15) is 44.6 Å². The molecule has 20 heavy (non-hydrogen) atoms. The number of nitrogens with one attached hydrogen (secondary N) is 1. The summed E-state index contributed by atoms with van der Waals surface area (Å²) in [5, 5.41) is 3.64. The Balaban J connectivity index is 2.02. The van der Waals surface area contributed by atoms with Gasteiger partial charge in [0.15, 0.2) is 0 Å². The standard InChI is InChI=1S/C16H23ClN2O/c1-3-19(14-7-5-4-6-8-14)16(20)18-13-10-9-12(2)15(17)11-13/h9-11,14H,3-8H2,1-2H3,(H,18,20). The highest BCUT2D eigenvalue weighted by atomic mass is 35.5. The highest BCUT2D eigenvalue weighted by molar-refractivity contribution is 6.31. The van der Waals surface area contributed by atoms with E-state index in [1.54, 1.807) is 0 Å². The van der Waals surface area contributed by atoms with Gasteiger partial charge in [-0.25, -0.2) is 4.79 Å². The second-order valence-electron chi connectivity index (χ2n) is 5.47. The van der Waals surface area contributed by atoms with Crippen LogP contribution in [0.4, 0.5) is 10.5 Å². The Morgan fingerprint density at radius 2 is 2.05 bits per heavy atom. The predicted molar refractivity (Wildman–Crippen MR) is 84.5 cm³/mol. The molecular weight excluding hydrogens is 272 g/mol. The molecule has 4 heteroatoms. The highest BCUT2D eigenvalue weighted by Crippen LogP contribution is 2.24. The molecule has 1 aliphatic rings. The second kappa shape index (κ2) is 6.98. The van der Waals surface area contributed by atoms with Crippen LogP contribution in [-0.4, -0.2) is 23.5 Å². The van der Waals surface area contributed by atoms with Gasteiger partial charge in [0.2, 0.25) is 0 Å². The maximum absolute atomic E-state index is 12.4. The van der Waals surface area contributed by atoms with Crippen LogP contribution in [-0.2, 0) is 0 Å². The van der Waals surface area contributed by atoms with Crippen molar-refractivity contribution in [3.63, 3.8) is 0 Å². The molecule has 0 saturated heterocycles. The summed E-state index contributed by atoms with van der Waals surface area (Å²) in [5.74, 6) is 0. The first-order chi connectivity index (χ1) is 9.61. The van der Waals surface area contributed by atoms with E-state index >= 15 is 0 Å². The molecule has 1 aliphatic carbocycles. The van der Waals surface area contributed by atoms with Gasteiger partial charge in [-0.1, -0.05) is 36.9 Å². The van der Waals surface area contributed by atoms with Crippen LogP contribution in [0.2, 0.25) is 5.02 Å². The van der Waals surface area contributed by atoms with Gasteiger partial charge in [-0.15, -0.1) is 0 Å². The largest absolute Gasteiger partial charge is 0.322 e. The lowest BCUT2D eigenvalue weighted by Gasteiger charge is -2.33. The van der Waals surface area contributed by atoms with E-state index in [0.29, 0.717) is 11.1 Å². The van der Waals surface area contributed by atoms with Gasteiger partial charge in [-0.05, 0) is 44.4 Å². The first-order valence-corrected chi connectivity index (χ1v) is 7.83. The lowest BCUT2D eigenvalue weighted by molar-refractivity contribution is 0.172. The molecule has 0 radical (unpaired) electrons. The molecule has 0 aliphatic heterocycles. The Bertz CT molecular complexity index is 470. The molecule has 0 atom stereocenters. The molecule has 1 aromatic carbocycles. The number of anilines is 1. The van der Waals surface area contributed by atoms with Crippen molar-refractivity contribution in [1.29, 1.82) is 0 Å². The maximum Gasteiger partial charge on any atom is 0.322 e. The van der Waals surface area contributed by atoms with Crippen LogP contribution in [0, 0.1) is 6.92 Å². The zero-order chi connectivity index (χ0) is 14.5. The Morgan fingerprint density at radius 1 is 1.35 bits per heavy atom. The summed E-state index contributed by atoms with van der Waals surface area (Å²) in [6, 6.07) is 6.00. The minimum Gasteiger partial charge on any atom is -0.322 e. The molecule has 1 fully saturated rings. The topological polar surface area (TPSA) is 32.3 Å². The Kier molecular flexibility index (Phi) is 5.30. The number of benzene rings is 1. The van der Waals surface area contributed by atoms with Gasteiger partial charge < -0.3 is 10.2 Å². The fraction of sp³-hybridized carbons (Fsp3) is 0.562. The number of carbonyl (C=O) groups excluding carboxylic acids is 1. The van der Waals surface area contributed by atoms with Gasteiger partial charge in [-0.3, -0.25) is 0 Å². The second-order valence-corrected chi connectivity index (χ2v) is 5.88. The maximum atomic E-state index is 12.4. The van der Waals surface area contributed by atoms with Crippen LogP contribution in [0.5, 0.6) is 0 Å². The van der Waals surface area contributed by atoms with E-state index in [9.17, 15) is 4.79 Å². The number of hydrogen-bond acceptors (Lipinski definition) is 1. The minimum atomic E-state index is -0.0145. The number of amides is 2. The molecule has 2 rings (SSSR count). The number of urea groups is 1. The van der Waals surface area contributed by atoms with Crippen molar-refractivity contribution in [2.45, 2.75) is 52.0 Å². The Hall–Kier alpha value is -1.22. The highest BCUT2D eigenvalue weighted by Gasteiger charge is 2.24. The van der Waals surface area contributed by atoms with Crippen molar-refractivity contribution >= 4 is 23.3 Å². The van der Waals surface area contributed by atoms with Crippen LogP contribution in [0.25, 0.3) is 0 Å². The number of nitrogens with zero attached hydrogens (tertiary/aromatic N) is 1. The molecule has 0 bridgehead atoms. The number of aryl methyl sites for hydroxylation is 1. The fourth-order valence-corrected chi connectivity index (χ4v) is 3.01. The third-order valence-electron chi connectivity index (χ3n) is 4.04. The molecule has 0 unspecified atom stereocenters. The lowest BCUT2D eigenvalue weighted by atomic mass is 9.94. The van der Waals surface area contributed by atoms with Crippen molar-refractivity contribution < 1.29 is 4.79 Å². The molecule has 0 heterocycles. The average molecular weight is 295 g/mol. The average Bonchev–Trinajstić information content (AvgIpc) is 2.45. The summed E-state index contributed by atoms with van der Waals surface area (Å²) in [4.78, 5) is 14.4. The molecular formula is C16H23ClN2O. The number of hydrogen-bond donors (Lipinski definition) is 1. The van der Waals surface area contributed by atoms with E-state index in [-0.39, 0.29) is 6.03 Å². The van der Waals surface area contributed by atoms with E-state index in [0.717, 1.165) is 30.6 Å². The van der Waals surface area contributed by atoms with Crippen LogP contribution in [0.3, 0.4) is 0 Å². The molecule has 110 valence electrons. The molecule has 0 aromatic heterocycles. The summed E-state index contributed by atoms with van der Waals surface area (Å²) >= 11 is 6.09. The van der Waals surface area contributed by atoms with E-state index < -0.39 is 0 Å². The summed E-state index contributed by atoms with van der Waals surface area (Å²) in [7, 11) is 0. The van der Waals surface area contributed by atoms with Crippen molar-refractivity contribution in [2.75, 3.05) is 11.9 Å². The third-order valence-corrected chi connectivity index (χ3v) is 4.45. The Morgan fingerprint density at radius 3 is 2.65 bits per heavy atom. The zero-order valence-electron chi connectivity index (χ0n) is 12.3. The van der Waals surface area contributed by atoms with E-state index in [1.807, 2.05) is 36.9 Å². The van der Waals surface area contributed by atoms with Crippen LogP contribution in [0.15, 0.2) is 18.2 Å².